The lowest BCUT2D eigenvalue weighted by atomic mass is 10.1. The first-order chi connectivity index (χ1) is 13.0. The van der Waals surface area contributed by atoms with E-state index in [-0.39, 0.29) is 19.5 Å². The SMILES string of the molecule is COCOc1cc(OCOC)c(C(=O)N2Cc3cccc(N)c3C2)cc1C. The van der Waals surface area contributed by atoms with Crippen LogP contribution in [-0.4, -0.2) is 38.6 Å². The van der Waals surface area contributed by atoms with Gasteiger partial charge in [-0.2, -0.15) is 0 Å². The number of anilines is 1. The molecule has 2 aromatic carbocycles. The zero-order valence-corrected chi connectivity index (χ0v) is 15.8. The maximum Gasteiger partial charge on any atom is 0.258 e. The van der Waals surface area contributed by atoms with Crippen molar-refractivity contribution in [1.82, 2.24) is 4.90 Å². The van der Waals surface area contributed by atoms with Crippen molar-refractivity contribution in [2.45, 2.75) is 20.0 Å². The number of nitrogen functional groups attached to an aromatic ring is 1. The fraction of sp³-hybridized carbons (Fsp3) is 0.350. The Morgan fingerprint density at radius 1 is 1.07 bits per heavy atom. The topological polar surface area (TPSA) is 83.2 Å². The number of methoxy groups -OCH3 is 2. The average Bonchev–Trinajstić information content (AvgIpc) is 3.11. The number of ether oxygens (including phenoxy) is 4. The number of rotatable bonds is 7. The van der Waals surface area contributed by atoms with Crippen LogP contribution in [0.2, 0.25) is 0 Å². The van der Waals surface area contributed by atoms with E-state index in [0.717, 1.165) is 16.7 Å². The van der Waals surface area contributed by atoms with Gasteiger partial charge in [0.2, 0.25) is 0 Å². The lowest BCUT2D eigenvalue weighted by Gasteiger charge is -2.20. The number of carbonyl (C=O) groups excluding carboxylic acids is 1. The van der Waals surface area contributed by atoms with Crippen LogP contribution in [-0.2, 0) is 22.6 Å². The molecule has 0 radical (unpaired) electrons. The molecule has 0 saturated heterocycles. The molecule has 1 aliphatic heterocycles. The molecule has 0 spiro atoms. The fourth-order valence-electron chi connectivity index (χ4n) is 3.12. The summed E-state index contributed by atoms with van der Waals surface area (Å²) in [5.74, 6) is 0.869. The Morgan fingerprint density at radius 3 is 2.44 bits per heavy atom. The maximum absolute atomic E-state index is 13.2. The van der Waals surface area contributed by atoms with Crippen molar-refractivity contribution in [3.05, 3.63) is 52.6 Å². The predicted molar refractivity (Wildman–Crippen MR) is 101 cm³/mol. The summed E-state index contributed by atoms with van der Waals surface area (Å²) < 4.78 is 21.1. The number of nitrogens with zero attached hydrogens (tertiary/aromatic N) is 1. The average molecular weight is 372 g/mol. The lowest BCUT2D eigenvalue weighted by molar-refractivity contribution is 0.0445. The van der Waals surface area contributed by atoms with E-state index in [4.69, 9.17) is 24.7 Å². The number of hydrogen-bond acceptors (Lipinski definition) is 6. The normalized spacial score (nSPS) is 12.8. The highest BCUT2D eigenvalue weighted by Crippen LogP contribution is 2.33. The van der Waals surface area contributed by atoms with Crippen LogP contribution in [0.25, 0.3) is 0 Å². The molecule has 0 aromatic heterocycles. The van der Waals surface area contributed by atoms with E-state index in [2.05, 4.69) is 0 Å². The largest absolute Gasteiger partial charge is 0.467 e. The zero-order valence-electron chi connectivity index (χ0n) is 15.8. The van der Waals surface area contributed by atoms with E-state index in [0.29, 0.717) is 35.8 Å². The van der Waals surface area contributed by atoms with Gasteiger partial charge in [0.25, 0.3) is 5.91 Å². The second-order valence-electron chi connectivity index (χ2n) is 6.36. The number of nitrogens with two attached hydrogens (primary N) is 1. The number of hydrogen-bond donors (Lipinski definition) is 1. The van der Waals surface area contributed by atoms with Crippen LogP contribution in [0.4, 0.5) is 5.69 Å². The van der Waals surface area contributed by atoms with Gasteiger partial charge in [0.1, 0.15) is 11.5 Å². The maximum atomic E-state index is 13.2. The van der Waals surface area contributed by atoms with Gasteiger partial charge in [-0.15, -0.1) is 0 Å². The Bertz CT molecular complexity index is 837. The molecule has 0 fully saturated rings. The molecule has 2 aromatic rings. The van der Waals surface area contributed by atoms with Gasteiger partial charge in [0.15, 0.2) is 13.6 Å². The number of aryl methyl sites for hydroxylation is 1. The van der Waals surface area contributed by atoms with Gasteiger partial charge in [0.05, 0.1) is 5.56 Å². The van der Waals surface area contributed by atoms with Crippen LogP contribution >= 0.6 is 0 Å². The van der Waals surface area contributed by atoms with Gasteiger partial charge in [-0.1, -0.05) is 12.1 Å². The van der Waals surface area contributed by atoms with E-state index in [1.54, 1.807) is 24.1 Å². The highest BCUT2D eigenvalue weighted by atomic mass is 16.7. The predicted octanol–water partition coefficient (Wildman–Crippen LogP) is 2.70. The highest BCUT2D eigenvalue weighted by molar-refractivity contribution is 5.98. The number of fused-ring (bicyclic) bond motifs is 1. The summed E-state index contributed by atoms with van der Waals surface area (Å²) in [5.41, 5.74) is 10.1. The Labute approximate surface area is 158 Å². The van der Waals surface area contributed by atoms with Crippen molar-refractivity contribution >= 4 is 11.6 Å². The Balaban J connectivity index is 1.89. The molecule has 1 amide bonds. The van der Waals surface area contributed by atoms with Crippen LogP contribution in [0.3, 0.4) is 0 Å². The molecule has 1 heterocycles. The fourth-order valence-corrected chi connectivity index (χ4v) is 3.12. The van der Waals surface area contributed by atoms with Gasteiger partial charge in [-0.05, 0) is 35.7 Å². The summed E-state index contributed by atoms with van der Waals surface area (Å²) in [5, 5.41) is 0. The minimum Gasteiger partial charge on any atom is -0.467 e. The number of benzene rings is 2. The van der Waals surface area contributed by atoms with Crippen LogP contribution in [0, 0.1) is 6.92 Å². The first-order valence-electron chi connectivity index (χ1n) is 8.58. The Kier molecular flexibility index (Phi) is 5.83. The van der Waals surface area contributed by atoms with Crippen molar-refractivity contribution in [3.8, 4) is 11.5 Å². The molecule has 0 unspecified atom stereocenters. The summed E-state index contributed by atoms with van der Waals surface area (Å²) in [4.78, 5) is 14.9. The van der Waals surface area contributed by atoms with Gasteiger partial charge in [-0.25, -0.2) is 0 Å². The number of carbonyl (C=O) groups is 1. The molecule has 2 N–H and O–H groups in total. The van der Waals surface area contributed by atoms with E-state index < -0.39 is 0 Å². The standard InChI is InChI=1S/C20H24N2O5/c1-13-7-15(19(27-12-25-3)8-18(13)26-11-24-2)20(23)22-9-14-5-4-6-17(21)16(14)10-22/h4-8H,9-12,21H2,1-3H3. The molecule has 0 aliphatic carbocycles. The molecule has 1 aliphatic rings. The van der Waals surface area contributed by atoms with Crippen LogP contribution in [0.15, 0.2) is 30.3 Å². The van der Waals surface area contributed by atoms with Gasteiger partial charge < -0.3 is 29.6 Å². The van der Waals surface area contributed by atoms with E-state index in [1.165, 1.54) is 7.11 Å². The quantitative estimate of drug-likeness (QED) is 0.594. The summed E-state index contributed by atoms with van der Waals surface area (Å²) in [6, 6.07) is 9.21. The van der Waals surface area contributed by atoms with Crippen LogP contribution < -0.4 is 15.2 Å². The summed E-state index contributed by atoms with van der Waals surface area (Å²) in [7, 11) is 3.07. The second kappa shape index (κ2) is 8.28. The third kappa shape index (κ3) is 3.99. The first kappa shape index (κ1) is 19.0. The Hall–Kier alpha value is -2.77. The molecular weight excluding hydrogens is 348 g/mol. The van der Waals surface area contributed by atoms with Crippen molar-refractivity contribution in [3.63, 3.8) is 0 Å². The molecular formula is C20H24N2O5. The third-order valence-electron chi connectivity index (χ3n) is 4.48. The molecule has 0 saturated carbocycles. The van der Waals surface area contributed by atoms with Crippen LogP contribution in [0.1, 0.15) is 27.0 Å². The molecule has 7 heteroatoms. The third-order valence-corrected chi connectivity index (χ3v) is 4.48. The van der Waals surface area contributed by atoms with Gasteiger partial charge >= 0.3 is 0 Å². The van der Waals surface area contributed by atoms with Gasteiger partial charge in [0, 0.05) is 39.1 Å². The number of amides is 1. The van der Waals surface area contributed by atoms with Crippen molar-refractivity contribution in [1.29, 1.82) is 0 Å². The molecule has 144 valence electrons. The smallest absolute Gasteiger partial charge is 0.258 e. The van der Waals surface area contributed by atoms with Crippen molar-refractivity contribution < 1.29 is 23.7 Å². The van der Waals surface area contributed by atoms with E-state index in [9.17, 15) is 4.79 Å². The van der Waals surface area contributed by atoms with Gasteiger partial charge in [-0.3, -0.25) is 4.79 Å². The summed E-state index contributed by atoms with van der Waals surface area (Å²) in [6.45, 7) is 3.01. The van der Waals surface area contributed by atoms with Crippen molar-refractivity contribution in [2.75, 3.05) is 33.5 Å². The van der Waals surface area contributed by atoms with E-state index >= 15 is 0 Å². The molecule has 0 bridgehead atoms. The second-order valence-corrected chi connectivity index (χ2v) is 6.36. The minimum atomic E-state index is -0.127. The molecule has 27 heavy (non-hydrogen) atoms. The molecule has 7 nitrogen and oxygen atoms in total. The lowest BCUT2D eigenvalue weighted by Crippen LogP contribution is -2.26. The first-order valence-corrected chi connectivity index (χ1v) is 8.58. The highest BCUT2D eigenvalue weighted by Gasteiger charge is 2.28. The van der Waals surface area contributed by atoms with E-state index in [1.807, 2.05) is 25.1 Å². The summed E-state index contributed by atoms with van der Waals surface area (Å²) in [6.07, 6.45) is 0. The van der Waals surface area contributed by atoms with Crippen LogP contribution in [0.5, 0.6) is 11.5 Å². The zero-order chi connectivity index (χ0) is 19.4. The molecule has 3 rings (SSSR count). The molecule has 0 atom stereocenters. The van der Waals surface area contributed by atoms with Crippen molar-refractivity contribution in [2.24, 2.45) is 0 Å². The summed E-state index contributed by atoms with van der Waals surface area (Å²) >= 11 is 0. The minimum absolute atomic E-state index is 0.0280. The monoisotopic (exact) mass is 372 g/mol. The Morgan fingerprint density at radius 2 is 1.78 bits per heavy atom.